The Morgan fingerprint density at radius 2 is 2.07 bits per heavy atom. The first-order chi connectivity index (χ1) is 6.45. The van der Waals surface area contributed by atoms with Crippen molar-refractivity contribution in [1.82, 2.24) is 5.48 Å². The summed E-state index contributed by atoms with van der Waals surface area (Å²) in [4.78, 5) is 16.3. The minimum atomic E-state index is -0.340. The van der Waals surface area contributed by atoms with Gasteiger partial charge in [-0.15, -0.1) is 11.8 Å². The predicted octanol–water partition coefficient (Wildman–Crippen LogP) is 1.21. The molecule has 0 rings (SSSR count). The van der Waals surface area contributed by atoms with Crippen LogP contribution in [0, 0.1) is 0 Å². The van der Waals surface area contributed by atoms with Gasteiger partial charge in [-0.3, -0.25) is 9.63 Å². The fourth-order valence-corrected chi connectivity index (χ4v) is 1.22. The van der Waals surface area contributed by atoms with Crippen LogP contribution in [0.2, 0.25) is 0 Å². The molecule has 0 aliphatic heterocycles. The van der Waals surface area contributed by atoms with Crippen LogP contribution in [-0.4, -0.2) is 36.7 Å². The summed E-state index contributed by atoms with van der Waals surface area (Å²) in [6.45, 7) is 6.31. The van der Waals surface area contributed by atoms with Gasteiger partial charge in [-0.2, -0.15) is 0 Å². The smallest absolute Gasteiger partial charge is 0.253 e. The largest absolute Gasteiger partial charge is 0.384 e. The molecule has 0 atom stereocenters. The number of ether oxygens (including phenoxy) is 1. The van der Waals surface area contributed by atoms with Gasteiger partial charge in [0.15, 0.2) is 0 Å². The third-order valence-corrected chi connectivity index (χ3v) is 2.06. The van der Waals surface area contributed by atoms with Gasteiger partial charge >= 0.3 is 0 Å². The summed E-state index contributed by atoms with van der Waals surface area (Å²) in [6, 6.07) is 0. The second-order valence-corrected chi connectivity index (χ2v) is 4.89. The number of hydrogen-bond acceptors (Lipinski definition) is 4. The van der Waals surface area contributed by atoms with E-state index in [4.69, 9.17) is 9.57 Å². The number of hydrogen-bond donors (Lipinski definition) is 1. The van der Waals surface area contributed by atoms with Crippen molar-refractivity contribution in [1.29, 1.82) is 0 Å². The SMILES string of the molecule is COCCSCC(=O)NOC(C)(C)C. The molecule has 0 aromatic rings. The molecule has 0 unspecified atom stereocenters. The highest BCUT2D eigenvalue weighted by Crippen LogP contribution is 2.04. The molecule has 1 amide bonds. The van der Waals surface area contributed by atoms with Crippen LogP contribution in [0.1, 0.15) is 20.8 Å². The molecule has 0 aromatic carbocycles. The maximum atomic E-state index is 11.2. The van der Waals surface area contributed by atoms with Crippen LogP contribution in [0.15, 0.2) is 0 Å². The van der Waals surface area contributed by atoms with Crippen molar-refractivity contribution in [3.63, 3.8) is 0 Å². The van der Waals surface area contributed by atoms with Gasteiger partial charge in [0.1, 0.15) is 0 Å². The lowest BCUT2D eigenvalue weighted by molar-refractivity contribution is -0.142. The lowest BCUT2D eigenvalue weighted by Gasteiger charge is -2.18. The fraction of sp³-hybridized carbons (Fsp3) is 0.889. The summed E-state index contributed by atoms with van der Waals surface area (Å²) in [6.07, 6.45) is 0. The van der Waals surface area contributed by atoms with Gasteiger partial charge in [0.05, 0.1) is 18.0 Å². The Morgan fingerprint density at radius 3 is 2.57 bits per heavy atom. The Hall–Kier alpha value is -0.260. The van der Waals surface area contributed by atoms with Crippen molar-refractivity contribution in [3.05, 3.63) is 0 Å². The molecule has 0 heterocycles. The van der Waals surface area contributed by atoms with Gasteiger partial charge in [0.25, 0.3) is 5.91 Å². The van der Waals surface area contributed by atoms with Gasteiger partial charge in [-0.25, -0.2) is 5.48 Å². The number of thioether (sulfide) groups is 1. The first kappa shape index (κ1) is 13.7. The number of rotatable bonds is 6. The van der Waals surface area contributed by atoms with E-state index in [1.807, 2.05) is 20.8 Å². The Balaban J connectivity index is 3.38. The molecular weight excluding hydrogens is 202 g/mol. The number of hydroxylamine groups is 1. The van der Waals surface area contributed by atoms with Crippen LogP contribution in [0.25, 0.3) is 0 Å². The molecule has 0 bridgehead atoms. The zero-order valence-corrected chi connectivity index (χ0v) is 10.1. The third-order valence-electron chi connectivity index (χ3n) is 1.14. The first-order valence-electron chi connectivity index (χ1n) is 4.49. The molecule has 0 aliphatic rings. The molecule has 0 saturated heterocycles. The standard InChI is InChI=1S/C9H19NO3S/c1-9(2,3)13-10-8(11)7-14-6-5-12-4/h5-7H2,1-4H3,(H,10,11). The van der Waals surface area contributed by atoms with E-state index in [1.54, 1.807) is 7.11 Å². The van der Waals surface area contributed by atoms with Crippen molar-refractivity contribution in [2.75, 3.05) is 25.2 Å². The van der Waals surface area contributed by atoms with E-state index >= 15 is 0 Å². The van der Waals surface area contributed by atoms with Gasteiger partial charge < -0.3 is 4.74 Å². The summed E-state index contributed by atoms with van der Waals surface area (Å²) in [5.41, 5.74) is 2.06. The van der Waals surface area contributed by atoms with Crippen LogP contribution in [-0.2, 0) is 14.4 Å². The molecular formula is C9H19NO3S. The van der Waals surface area contributed by atoms with Crippen molar-refractivity contribution < 1.29 is 14.4 Å². The predicted molar refractivity (Wildman–Crippen MR) is 58.2 cm³/mol. The van der Waals surface area contributed by atoms with Crippen molar-refractivity contribution >= 4 is 17.7 Å². The summed E-state index contributed by atoms with van der Waals surface area (Å²) in [7, 11) is 1.64. The molecule has 5 heteroatoms. The second-order valence-electron chi connectivity index (χ2n) is 3.79. The molecule has 1 N–H and O–H groups in total. The maximum absolute atomic E-state index is 11.2. The molecule has 0 saturated carbocycles. The highest BCUT2D eigenvalue weighted by Gasteiger charge is 2.12. The minimum absolute atomic E-state index is 0.110. The highest BCUT2D eigenvalue weighted by atomic mass is 32.2. The number of amides is 1. The number of nitrogens with one attached hydrogen (secondary N) is 1. The van der Waals surface area contributed by atoms with Crippen LogP contribution in [0.3, 0.4) is 0 Å². The molecule has 0 aromatic heterocycles. The first-order valence-corrected chi connectivity index (χ1v) is 5.64. The van der Waals surface area contributed by atoms with Crippen LogP contribution in [0.5, 0.6) is 0 Å². The Kier molecular flexibility index (Phi) is 6.96. The Bertz CT molecular complexity index is 168. The van der Waals surface area contributed by atoms with Crippen LogP contribution >= 0.6 is 11.8 Å². The van der Waals surface area contributed by atoms with E-state index in [0.717, 1.165) is 5.75 Å². The zero-order chi connectivity index (χ0) is 11.0. The van der Waals surface area contributed by atoms with E-state index in [2.05, 4.69) is 5.48 Å². The van der Waals surface area contributed by atoms with E-state index in [0.29, 0.717) is 12.4 Å². The summed E-state index contributed by atoms with van der Waals surface area (Å²) in [5.74, 6) is 1.11. The van der Waals surface area contributed by atoms with Gasteiger partial charge in [-0.1, -0.05) is 0 Å². The normalized spacial score (nSPS) is 11.4. The van der Waals surface area contributed by atoms with Gasteiger partial charge in [0.2, 0.25) is 0 Å². The lowest BCUT2D eigenvalue weighted by atomic mass is 10.2. The molecule has 14 heavy (non-hydrogen) atoms. The maximum Gasteiger partial charge on any atom is 0.253 e. The summed E-state index contributed by atoms with van der Waals surface area (Å²) < 4.78 is 4.85. The van der Waals surface area contributed by atoms with Crippen molar-refractivity contribution in [3.8, 4) is 0 Å². The molecule has 84 valence electrons. The average Bonchev–Trinajstić information content (AvgIpc) is 2.08. The molecule has 0 radical (unpaired) electrons. The molecule has 0 aliphatic carbocycles. The lowest BCUT2D eigenvalue weighted by Crippen LogP contribution is -2.34. The van der Waals surface area contributed by atoms with Gasteiger partial charge in [-0.05, 0) is 20.8 Å². The van der Waals surface area contributed by atoms with Crippen molar-refractivity contribution in [2.24, 2.45) is 0 Å². The van der Waals surface area contributed by atoms with E-state index in [-0.39, 0.29) is 11.5 Å². The molecule has 0 spiro atoms. The van der Waals surface area contributed by atoms with Crippen LogP contribution < -0.4 is 5.48 Å². The zero-order valence-electron chi connectivity index (χ0n) is 9.25. The quantitative estimate of drug-likeness (QED) is 0.541. The van der Waals surface area contributed by atoms with Crippen LogP contribution in [0.4, 0.5) is 0 Å². The van der Waals surface area contributed by atoms with E-state index < -0.39 is 0 Å². The number of methoxy groups -OCH3 is 1. The third kappa shape index (κ3) is 9.83. The topological polar surface area (TPSA) is 47.6 Å². The Morgan fingerprint density at radius 1 is 1.43 bits per heavy atom. The van der Waals surface area contributed by atoms with Gasteiger partial charge in [0, 0.05) is 12.9 Å². The summed E-state index contributed by atoms with van der Waals surface area (Å²) in [5, 5.41) is 0. The Labute approximate surface area is 89.7 Å². The summed E-state index contributed by atoms with van der Waals surface area (Å²) >= 11 is 1.52. The highest BCUT2D eigenvalue weighted by molar-refractivity contribution is 7.99. The monoisotopic (exact) mass is 221 g/mol. The molecule has 0 fully saturated rings. The molecule has 4 nitrogen and oxygen atoms in total. The minimum Gasteiger partial charge on any atom is -0.384 e. The number of carbonyl (C=O) groups excluding carboxylic acids is 1. The van der Waals surface area contributed by atoms with E-state index in [9.17, 15) is 4.79 Å². The van der Waals surface area contributed by atoms with Crippen molar-refractivity contribution in [2.45, 2.75) is 26.4 Å². The fourth-order valence-electron chi connectivity index (χ4n) is 0.547. The second kappa shape index (κ2) is 7.09. The van der Waals surface area contributed by atoms with E-state index in [1.165, 1.54) is 11.8 Å². The average molecular weight is 221 g/mol. The number of carbonyl (C=O) groups is 1.